The molecule has 1 aromatic rings. The number of nitrogens with one attached hydrogen (secondary N) is 1. The quantitative estimate of drug-likeness (QED) is 0.926. The van der Waals surface area contributed by atoms with Crippen molar-refractivity contribution in [2.24, 2.45) is 0 Å². The zero-order valence-corrected chi connectivity index (χ0v) is 12.7. The molecule has 3 rings (SSSR count). The highest BCUT2D eigenvalue weighted by atomic mass is 32.2. The first-order valence-corrected chi connectivity index (χ1v) is 8.88. The average Bonchev–Trinajstić information content (AvgIpc) is 2.82. The third-order valence-corrected chi connectivity index (χ3v) is 6.20. The normalized spacial score (nSPS) is 27.4. The lowest BCUT2D eigenvalue weighted by atomic mass is 10.00. The van der Waals surface area contributed by atoms with E-state index in [9.17, 15) is 8.42 Å². The lowest BCUT2D eigenvalue weighted by Crippen LogP contribution is -2.46. The second kappa shape index (κ2) is 5.47. The van der Waals surface area contributed by atoms with Gasteiger partial charge in [0.25, 0.3) is 0 Å². The number of rotatable bonds is 3. The van der Waals surface area contributed by atoms with Gasteiger partial charge in [0, 0.05) is 18.6 Å². The van der Waals surface area contributed by atoms with Gasteiger partial charge in [-0.15, -0.1) is 0 Å². The molecule has 2 aliphatic rings. The van der Waals surface area contributed by atoms with Crippen molar-refractivity contribution in [2.75, 3.05) is 13.1 Å². The molecule has 110 valence electrons. The van der Waals surface area contributed by atoms with Gasteiger partial charge in [-0.05, 0) is 44.4 Å². The summed E-state index contributed by atoms with van der Waals surface area (Å²) in [4.78, 5) is 2.85. The number of aryl methyl sites for hydroxylation is 1. The van der Waals surface area contributed by atoms with Gasteiger partial charge in [0.15, 0.2) is 0 Å². The van der Waals surface area contributed by atoms with Crippen molar-refractivity contribution in [3.05, 3.63) is 29.8 Å². The van der Waals surface area contributed by atoms with E-state index in [0.717, 1.165) is 31.5 Å². The van der Waals surface area contributed by atoms with Gasteiger partial charge in [-0.2, -0.15) is 0 Å². The molecular weight excluding hydrogens is 272 g/mol. The molecule has 0 bridgehead atoms. The molecule has 2 unspecified atom stereocenters. The Kier molecular flexibility index (Phi) is 3.84. The molecule has 0 aromatic heterocycles. The predicted octanol–water partition coefficient (Wildman–Crippen LogP) is 1.90. The van der Waals surface area contributed by atoms with Crippen LogP contribution in [0.4, 0.5) is 0 Å². The van der Waals surface area contributed by atoms with Gasteiger partial charge in [-0.25, -0.2) is 13.1 Å². The summed E-state index contributed by atoms with van der Waals surface area (Å²) >= 11 is 0. The lowest BCUT2D eigenvalue weighted by Gasteiger charge is -2.32. The number of piperidine rings is 1. The summed E-state index contributed by atoms with van der Waals surface area (Å²) < 4.78 is 28.0. The van der Waals surface area contributed by atoms with Crippen LogP contribution >= 0.6 is 0 Å². The van der Waals surface area contributed by atoms with E-state index in [1.165, 1.54) is 12.8 Å². The van der Waals surface area contributed by atoms with E-state index in [2.05, 4.69) is 9.62 Å². The second-order valence-electron chi connectivity index (χ2n) is 5.88. The third-order valence-electron chi connectivity index (χ3n) is 4.55. The Morgan fingerprint density at radius 3 is 2.75 bits per heavy atom. The van der Waals surface area contributed by atoms with Crippen LogP contribution in [0.1, 0.15) is 31.2 Å². The van der Waals surface area contributed by atoms with Crippen LogP contribution in [0, 0.1) is 6.92 Å². The van der Waals surface area contributed by atoms with Crippen molar-refractivity contribution >= 4 is 10.0 Å². The number of fused-ring (bicyclic) bond motifs is 1. The minimum Gasteiger partial charge on any atom is -0.299 e. The molecule has 20 heavy (non-hydrogen) atoms. The van der Waals surface area contributed by atoms with Crippen molar-refractivity contribution in [3.8, 4) is 0 Å². The van der Waals surface area contributed by atoms with Crippen LogP contribution in [0.3, 0.4) is 0 Å². The van der Waals surface area contributed by atoms with Crippen LogP contribution in [0.15, 0.2) is 29.2 Å². The second-order valence-corrected chi connectivity index (χ2v) is 7.56. The van der Waals surface area contributed by atoms with E-state index in [-0.39, 0.29) is 6.04 Å². The fourth-order valence-corrected chi connectivity index (χ4v) is 5.06. The first kappa shape index (κ1) is 14.0. The molecule has 5 heteroatoms. The monoisotopic (exact) mass is 294 g/mol. The van der Waals surface area contributed by atoms with E-state index in [0.29, 0.717) is 10.9 Å². The Labute approximate surface area is 121 Å². The molecule has 0 saturated carbocycles. The standard InChI is InChI=1S/C15H22N2O2S/c1-12-6-2-3-8-15(12)20(18,19)16-13-9-11-17-10-5-4-7-14(13)17/h2-3,6,8,13-14,16H,4-5,7,9-11H2,1H3. The van der Waals surface area contributed by atoms with E-state index in [1.807, 2.05) is 19.1 Å². The molecular formula is C15H22N2O2S. The highest BCUT2D eigenvalue weighted by Crippen LogP contribution is 2.28. The van der Waals surface area contributed by atoms with Crippen LogP contribution in [0.5, 0.6) is 0 Å². The summed E-state index contributed by atoms with van der Waals surface area (Å²) in [6.45, 7) is 3.98. The highest BCUT2D eigenvalue weighted by Gasteiger charge is 2.37. The SMILES string of the molecule is Cc1ccccc1S(=O)(=O)NC1CCN2CCCCC12. The van der Waals surface area contributed by atoms with Crippen LogP contribution < -0.4 is 4.72 Å². The van der Waals surface area contributed by atoms with Crippen molar-refractivity contribution in [3.63, 3.8) is 0 Å². The zero-order valence-electron chi connectivity index (χ0n) is 11.9. The average molecular weight is 294 g/mol. The van der Waals surface area contributed by atoms with Crippen molar-refractivity contribution in [1.82, 2.24) is 9.62 Å². The molecule has 2 saturated heterocycles. The summed E-state index contributed by atoms with van der Waals surface area (Å²) in [6, 6.07) is 7.64. The van der Waals surface area contributed by atoms with E-state index >= 15 is 0 Å². The molecule has 1 N–H and O–H groups in total. The first-order valence-electron chi connectivity index (χ1n) is 7.40. The molecule has 2 fully saturated rings. The summed E-state index contributed by atoms with van der Waals surface area (Å²) in [6.07, 6.45) is 4.49. The predicted molar refractivity (Wildman–Crippen MR) is 79.1 cm³/mol. The molecule has 1 aromatic carbocycles. The highest BCUT2D eigenvalue weighted by molar-refractivity contribution is 7.89. The molecule has 0 aliphatic carbocycles. The molecule has 4 nitrogen and oxygen atoms in total. The van der Waals surface area contributed by atoms with Gasteiger partial charge < -0.3 is 0 Å². The summed E-state index contributed by atoms with van der Waals surface area (Å²) in [5.41, 5.74) is 0.804. The maximum Gasteiger partial charge on any atom is 0.241 e. The first-order chi connectivity index (χ1) is 9.58. The molecule has 0 amide bonds. The molecule has 2 atom stereocenters. The fraction of sp³-hybridized carbons (Fsp3) is 0.600. The smallest absolute Gasteiger partial charge is 0.241 e. The van der Waals surface area contributed by atoms with Gasteiger partial charge in [-0.1, -0.05) is 24.6 Å². The Bertz CT molecular complexity index is 585. The third kappa shape index (κ3) is 2.62. The summed E-state index contributed by atoms with van der Waals surface area (Å²) in [7, 11) is -3.40. The van der Waals surface area contributed by atoms with Crippen molar-refractivity contribution < 1.29 is 8.42 Å². The number of nitrogens with zero attached hydrogens (tertiary/aromatic N) is 1. The van der Waals surface area contributed by atoms with E-state index < -0.39 is 10.0 Å². The lowest BCUT2D eigenvalue weighted by molar-refractivity contribution is 0.186. The Morgan fingerprint density at radius 1 is 1.15 bits per heavy atom. The van der Waals surface area contributed by atoms with Gasteiger partial charge in [-0.3, -0.25) is 4.90 Å². The molecule has 0 radical (unpaired) electrons. The molecule has 2 heterocycles. The Hall–Kier alpha value is -0.910. The number of hydrogen-bond acceptors (Lipinski definition) is 3. The number of sulfonamides is 1. The van der Waals surface area contributed by atoms with Crippen LogP contribution in [-0.2, 0) is 10.0 Å². The Balaban J connectivity index is 1.79. The summed E-state index contributed by atoms with van der Waals surface area (Å²) in [5, 5.41) is 0. The van der Waals surface area contributed by atoms with Gasteiger partial charge in [0.05, 0.1) is 4.90 Å². The Morgan fingerprint density at radius 2 is 1.95 bits per heavy atom. The minimum absolute atomic E-state index is 0.0694. The van der Waals surface area contributed by atoms with Crippen molar-refractivity contribution in [2.45, 2.75) is 49.6 Å². The van der Waals surface area contributed by atoms with Crippen molar-refractivity contribution in [1.29, 1.82) is 0 Å². The van der Waals surface area contributed by atoms with Crippen LogP contribution in [0.2, 0.25) is 0 Å². The number of benzene rings is 1. The van der Waals surface area contributed by atoms with Crippen LogP contribution in [0.25, 0.3) is 0 Å². The van der Waals surface area contributed by atoms with Crippen LogP contribution in [-0.4, -0.2) is 38.5 Å². The van der Waals surface area contributed by atoms with Gasteiger partial charge in [0.2, 0.25) is 10.0 Å². The van der Waals surface area contributed by atoms with Gasteiger partial charge >= 0.3 is 0 Å². The minimum atomic E-state index is -3.40. The maximum absolute atomic E-state index is 12.6. The summed E-state index contributed by atoms with van der Waals surface area (Å²) in [5.74, 6) is 0. The fourth-order valence-electron chi connectivity index (χ4n) is 3.51. The van der Waals surface area contributed by atoms with Gasteiger partial charge in [0.1, 0.15) is 0 Å². The topological polar surface area (TPSA) is 49.4 Å². The zero-order chi connectivity index (χ0) is 14.2. The molecule has 0 spiro atoms. The molecule has 2 aliphatic heterocycles. The maximum atomic E-state index is 12.6. The van der Waals surface area contributed by atoms with E-state index in [4.69, 9.17) is 0 Å². The number of hydrogen-bond donors (Lipinski definition) is 1. The van der Waals surface area contributed by atoms with E-state index in [1.54, 1.807) is 12.1 Å². The largest absolute Gasteiger partial charge is 0.299 e.